The van der Waals surface area contributed by atoms with Crippen LogP contribution in [0.5, 0.6) is 0 Å². The molecule has 0 aliphatic heterocycles. The van der Waals surface area contributed by atoms with E-state index in [2.05, 4.69) is 98.8 Å². The number of hydrogen-bond acceptors (Lipinski definition) is 1. The lowest BCUT2D eigenvalue weighted by molar-refractivity contribution is 0.478. The van der Waals surface area contributed by atoms with Crippen molar-refractivity contribution in [2.75, 3.05) is 0 Å². The molecule has 29 heavy (non-hydrogen) atoms. The number of rotatable bonds is 3. The standard InChI is InChI=1S/C27H41NSi/c1-25(2,3)18-11-12-19-17(15-18)16-21-20(19)13-14-22(26(4,5)6)23(21)24(29(9)10)27(7,8)28/h11-15,24,29H,16,28H2,1-10H3. The molecule has 1 nitrogen and oxygen atoms in total. The fourth-order valence-corrected chi connectivity index (χ4v) is 8.11. The van der Waals surface area contributed by atoms with Gasteiger partial charge in [0.05, 0.1) is 0 Å². The van der Waals surface area contributed by atoms with Crippen LogP contribution >= 0.6 is 0 Å². The van der Waals surface area contributed by atoms with Gasteiger partial charge in [-0.05, 0) is 75.6 Å². The molecule has 1 aliphatic rings. The minimum Gasteiger partial charge on any atom is -0.325 e. The summed E-state index contributed by atoms with van der Waals surface area (Å²) >= 11 is 0. The summed E-state index contributed by atoms with van der Waals surface area (Å²) in [7, 11) is -1.03. The Morgan fingerprint density at radius 1 is 0.828 bits per heavy atom. The summed E-state index contributed by atoms with van der Waals surface area (Å²) in [6.45, 7) is 23.3. The highest BCUT2D eigenvalue weighted by atomic mass is 28.3. The second-order valence-corrected chi connectivity index (χ2v) is 15.3. The quantitative estimate of drug-likeness (QED) is 0.480. The lowest BCUT2D eigenvalue weighted by Crippen LogP contribution is -2.46. The molecule has 0 fully saturated rings. The first-order chi connectivity index (χ1) is 13.1. The molecule has 0 heterocycles. The van der Waals surface area contributed by atoms with Crippen LogP contribution in [0.4, 0.5) is 0 Å². The Kier molecular flexibility index (Phi) is 5.46. The minimum absolute atomic E-state index is 0.114. The van der Waals surface area contributed by atoms with E-state index in [1.807, 2.05) is 0 Å². The Hall–Kier alpha value is -1.38. The fourth-order valence-electron chi connectivity index (χ4n) is 5.34. The smallest absolute Gasteiger partial charge is 0.0411 e. The van der Waals surface area contributed by atoms with E-state index in [9.17, 15) is 0 Å². The first-order valence-electron chi connectivity index (χ1n) is 11.2. The van der Waals surface area contributed by atoms with E-state index in [0.717, 1.165) is 6.42 Å². The summed E-state index contributed by atoms with van der Waals surface area (Å²) in [5.41, 5.74) is 17.8. The first kappa shape index (κ1) is 22.3. The molecular formula is C27H41NSi. The Morgan fingerprint density at radius 2 is 1.41 bits per heavy atom. The minimum atomic E-state index is -1.03. The average molecular weight is 408 g/mol. The van der Waals surface area contributed by atoms with Gasteiger partial charge in [0.15, 0.2) is 0 Å². The molecule has 0 spiro atoms. The van der Waals surface area contributed by atoms with Crippen molar-refractivity contribution in [2.45, 2.75) is 96.8 Å². The van der Waals surface area contributed by atoms with Gasteiger partial charge in [-0.1, -0.05) is 85.0 Å². The van der Waals surface area contributed by atoms with Crippen molar-refractivity contribution in [3.05, 3.63) is 58.1 Å². The van der Waals surface area contributed by atoms with Crippen LogP contribution in [0.1, 0.15) is 88.7 Å². The maximum atomic E-state index is 6.84. The van der Waals surface area contributed by atoms with Gasteiger partial charge in [-0.2, -0.15) is 0 Å². The zero-order chi connectivity index (χ0) is 21.9. The van der Waals surface area contributed by atoms with Gasteiger partial charge in [0.1, 0.15) is 0 Å². The molecule has 0 amide bonds. The highest BCUT2D eigenvalue weighted by Gasteiger charge is 2.38. The van der Waals surface area contributed by atoms with Gasteiger partial charge in [-0.3, -0.25) is 0 Å². The van der Waals surface area contributed by atoms with Crippen LogP contribution in [-0.2, 0) is 17.3 Å². The van der Waals surface area contributed by atoms with Gasteiger partial charge in [0.25, 0.3) is 0 Å². The van der Waals surface area contributed by atoms with Gasteiger partial charge in [-0.25, -0.2) is 0 Å². The molecule has 0 saturated carbocycles. The third kappa shape index (κ3) is 4.11. The van der Waals surface area contributed by atoms with Crippen LogP contribution < -0.4 is 5.73 Å². The highest BCUT2D eigenvalue weighted by molar-refractivity contribution is 6.58. The molecule has 1 unspecified atom stereocenters. The maximum Gasteiger partial charge on any atom is 0.0411 e. The second kappa shape index (κ2) is 7.09. The fraction of sp³-hybridized carbons (Fsp3) is 0.556. The van der Waals surface area contributed by atoms with Crippen molar-refractivity contribution >= 4 is 8.80 Å². The molecule has 0 bridgehead atoms. The van der Waals surface area contributed by atoms with Crippen LogP contribution in [0.2, 0.25) is 13.1 Å². The number of benzene rings is 2. The van der Waals surface area contributed by atoms with E-state index in [-0.39, 0.29) is 16.4 Å². The van der Waals surface area contributed by atoms with Gasteiger partial charge >= 0.3 is 0 Å². The summed E-state index contributed by atoms with van der Waals surface area (Å²) in [4.78, 5) is 0. The first-order valence-corrected chi connectivity index (χ1v) is 14.2. The van der Waals surface area contributed by atoms with E-state index in [1.165, 1.54) is 27.8 Å². The van der Waals surface area contributed by atoms with Crippen LogP contribution in [0.25, 0.3) is 11.1 Å². The van der Waals surface area contributed by atoms with Crippen LogP contribution in [0, 0.1) is 0 Å². The van der Waals surface area contributed by atoms with Crippen molar-refractivity contribution < 1.29 is 0 Å². The molecule has 1 aliphatic carbocycles. The molecule has 1 atom stereocenters. The van der Waals surface area contributed by atoms with Crippen LogP contribution in [0.3, 0.4) is 0 Å². The Balaban J connectivity index is 2.28. The van der Waals surface area contributed by atoms with E-state index in [4.69, 9.17) is 5.73 Å². The molecule has 2 aromatic rings. The summed E-state index contributed by atoms with van der Waals surface area (Å²) in [5, 5.41) is 0. The zero-order valence-corrected chi connectivity index (χ0v) is 21.5. The molecule has 3 rings (SSSR count). The van der Waals surface area contributed by atoms with Crippen molar-refractivity contribution in [3.63, 3.8) is 0 Å². The van der Waals surface area contributed by atoms with Crippen LogP contribution in [-0.4, -0.2) is 14.3 Å². The van der Waals surface area contributed by atoms with E-state index < -0.39 is 8.80 Å². The average Bonchev–Trinajstić information content (AvgIpc) is 2.89. The largest absolute Gasteiger partial charge is 0.325 e. The third-order valence-electron chi connectivity index (χ3n) is 6.57. The number of hydrogen-bond donors (Lipinski definition) is 1. The molecule has 158 valence electrons. The number of fused-ring (bicyclic) bond motifs is 3. The molecule has 2 heteroatoms. The Morgan fingerprint density at radius 3 is 1.90 bits per heavy atom. The molecule has 0 saturated heterocycles. The Labute approximate surface area is 180 Å². The van der Waals surface area contributed by atoms with Crippen molar-refractivity contribution in [1.29, 1.82) is 0 Å². The number of nitrogens with two attached hydrogens (primary N) is 1. The maximum absolute atomic E-state index is 6.84. The topological polar surface area (TPSA) is 26.0 Å². The molecular weight excluding hydrogens is 366 g/mol. The zero-order valence-electron chi connectivity index (χ0n) is 20.3. The third-order valence-corrected chi connectivity index (χ3v) is 9.10. The lowest BCUT2D eigenvalue weighted by atomic mass is 9.77. The normalized spacial score (nSPS) is 15.4. The van der Waals surface area contributed by atoms with Crippen molar-refractivity contribution in [3.8, 4) is 11.1 Å². The van der Waals surface area contributed by atoms with Crippen molar-refractivity contribution in [2.24, 2.45) is 5.73 Å². The summed E-state index contributed by atoms with van der Waals surface area (Å²) in [6, 6.07) is 11.9. The van der Waals surface area contributed by atoms with Gasteiger partial charge in [-0.15, -0.1) is 0 Å². The lowest BCUT2D eigenvalue weighted by Gasteiger charge is -2.39. The van der Waals surface area contributed by atoms with Crippen molar-refractivity contribution in [1.82, 2.24) is 0 Å². The van der Waals surface area contributed by atoms with E-state index in [1.54, 1.807) is 11.1 Å². The predicted molar refractivity (Wildman–Crippen MR) is 132 cm³/mol. The van der Waals surface area contributed by atoms with Gasteiger partial charge in [0, 0.05) is 14.3 Å². The molecule has 0 radical (unpaired) electrons. The summed E-state index contributed by atoms with van der Waals surface area (Å²) in [6.07, 6.45) is 1.04. The van der Waals surface area contributed by atoms with E-state index >= 15 is 0 Å². The predicted octanol–water partition coefficient (Wildman–Crippen LogP) is 6.70. The molecule has 2 N–H and O–H groups in total. The summed E-state index contributed by atoms with van der Waals surface area (Å²) in [5.74, 6) is 0. The monoisotopic (exact) mass is 407 g/mol. The Bertz CT molecular complexity index is 917. The van der Waals surface area contributed by atoms with E-state index in [0.29, 0.717) is 5.54 Å². The highest BCUT2D eigenvalue weighted by Crippen LogP contribution is 2.47. The van der Waals surface area contributed by atoms with Gasteiger partial charge < -0.3 is 5.73 Å². The second-order valence-electron chi connectivity index (χ2n) is 12.1. The van der Waals surface area contributed by atoms with Crippen LogP contribution in [0.15, 0.2) is 30.3 Å². The summed E-state index contributed by atoms with van der Waals surface area (Å²) < 4.78 is 0. The van der Waals surface area contributed by atoms with Gasteiger partial charge in [0.2, 0.25) is 0 Å². The molecule has 0 aromatic heterocycles. The molecule has 2 aromatic carbocycles. The SMILES string of the molecule is C[SiH](C)C(c1c(C(C)(C)C)ccc2c1Cc1cc(C(C)(C)C)ccc1-2)C(C)(C)N.